The molecule has 7 heteroatoms. The Labute approximate surface area is 204 Å². The van der Waals surface area contributed by atoms with Gasteiger partial charge in [-0.15, -0.1) is 0 Å². The molecule has 0 radical (unpaired) electrons. The molecular formula is C28H30N4O3. The Balaban J connectivity index is 1.84. The molecule has 1 unspecified atom stereocenters. The first-order chi connectivity index (χ1) is 16.8. The smallest absolute Gasteiger partial charge is 0.251 e. The highest BCUT2D eigenvalue weighted by Crippen LogP contribution is 2.30. The molecule has 0 spiro atoms. The Morgan fingerprint density at radius 2 is 1.57 bits per heavy atom. The normalized spacial score (nSPS) is 12.2. The summed E-state index contributed by atoms with van der Waals surface area (Å²) in [6.07, 6.45) is 0.543. The zero-order valence-electron chi connectivity index (χ0n) is 20.5. The number of pyridine rings is 2. The van der Waals surface area contributed by atoms with Crippen molar-refractivity contribution < 1.29 is 4.74 Å². The molecule has 2 aromatic carbocycles. The second-order valence-electron chi connectivity index (χ2n) is 9.09. The first-order valence-electron chi connectivity index (χ1n) is 11.8. The maximum absolute atomic E-state index is 12.9. The van der Waals surface area contributed by atoms with E-state index in [1.165, 1.54) is 0 Å². The molecule has 0 aliphatic heterocycles. The average molecular weight is 471 g/mol. The number of ether oxygens (including phenoxy) is 1. The number of hydrogen-bond donors (Lipinski definition) is 1. The van der Waals surface area contributed by atoms with Gasteiger partial charge in [-0.25, -0.2) is 0 Å². The molecule has 4 aromatic rings. The first kappa shape index (κ1) is 24.2. The molecule has 1 N–H and O–H groups in total. The SMILES string of the molecule is CNCCOc1cc2c(ccc(=O)n2C(C)C)cc1CC(C)n1c(=O)ccc2ccc(C#N)cc21. The summed E-state index contributed by atoms with van der Waals surface area (Å²) in [4.78, 5) is 25.5. The molecule has 2 aromatic heterocycles. The van der Waals surface area contributed by atoms with Gasteiger partial charge in [0.25, 0.3) is 11.1 Å². The fourth-order valence-electron chi connectivity index (χ4n) is 4.61. The van der Waals surface area contributed by atoms with Crippen LogP contribution >= 0.6 is 0 Å². The average Bonchev–Trinajstić information content (AvgIpc) is 2.83. The Morgan fingerprint density at radius 3 is 2.26 bits per heavy atom. The van der Waals surface area contributed by atoms with Crippen molar-refractivity contribution in [2.24, 2.45) is 0 Å². The van der Waals surface area contributed by atoms with E-state index in [9.17, 15) is 14.9 Å². The van der Waals surface area contributed by atoms with Gasteiger partial charge in [0, 0.05) is 36.8 Å². The van der Waals surface area contributed by atoms with E-state index in [-0.39, 0.29) is 23.2 Å². The van der Waals surface area contributed by atoms with E-state index in [0.717, 1.165) is 27.4 Å². The third-order valence-corrected chi connectivity index (χ3v) is 6.26. The van der Waals surface area contributed by atoms with Crippen molar-refractivity contribution >= 4 is 21.8 Å². The lowest BCUT2D eigenvalue weighted by molar-refractivity contribution is 0.314. The molecule has 7 nitrogen and oxygen atoms in total. The van der Waals surface area contributed by atoms with E-state index in [1.54, 1.807) is 39.5 Å². The van der Waals surface area contributed by atoms with Crippen LogP contribution in [0.4, 0.5) is 0 Å². The number of fused-ring (bicyclic) bond motifs is 2. The van der Waals surface area contributed by atoms with Crippen molar-refractivity contribution in [3.05, 3.63) is 86.4 Å². The van der Waals surface area contributed by atoms with Crippen LogP contribution in [-0.4, -0.2) is 29.3 Å². The van der Waals surface area contributed by atoms with Crippen molar-refractivity contribution in [2.75, 3.05) is 20.2 Å². The van der Waals surface area contributed by atoms with Crippen LogP contribution in [0.2, 0.25) is 0 Å². The van der Waals surface area contributed by atoms with Gasteiger partial charge in [0.05, 0.1) is 22.7 Å². The van der Waals surface area contributed by atoms with Crippen LogP contribution in [0.3, 0.4) is 0 Å². The molecule has 0 amide bonds. The highest BCUT2D eigenvalue weighted by molar-refractivity contribution is 5.82. The van der Waals surface area contributed by atoms with Crippen LogP contribution < -0.4 is 21.2 Å². The van der Waals surface area contributed by atoms with Crippen LogP contribution in [0.15, 0.2) is 64.2 Å². The predicted molar refractivity (Wildman–Crippen MR) is 139 cm³/mol. The molecular weight excluding hydrogens is 440 g/mol. The number of nitrogens with zero attached hydrogens (tertiary/aromatic N) is 3. The fourth-order valence-corrected chi connectivity index (χ4v) is 4.61. The number of hydrogen-bond acceptors (Lipinski definition) is 5. The van der Waals surface area contributed by atoms with Crippen molar-refractivity contribution in [3.8, 4) is 11.8 Å². The summed E-state index contributed by atoms with van der Waals surface area (Å²) < 4.78 is 9.66. The van der Waals surface area contributed by atoms with Gasteiger partial charge in [0.2, 0.25) is 0 Å². The topological polar surface area (TPSA) is 89.0 Å². The summed E-state index contributed by atoms with van der Waals surface area (Å²) in [7, 11) is 1.87. The minimum Gasteiger partial charge on any atom is -0.492 e. The maximum Gasteiger partial charge on any atom is 0.251 e. The predicted octanol–water partition coefficient (Wildman–Crippen LogP) is 4.17. The van der Waals surface area contributed by atoms with Crippen molar-refractivity contribution in [1.29, 1.82) is 5.26 Å². The number of likely N-dealkylation sites (N-methyl/N-ethyl adjacent to an activating group) is 1. The summed E-state index contributed by atoms with van der Waals surface area (Å²) in [5, 5.41) is 14.3. The monoisotopic (exact) mass is 470 g/mol. The van der Waals surface area contributed by atoms with Gasteiger partial charge in [-0.05, 0) is 80.9 Å². The van der Waals surface area contributed by atoms with E-state index >= 15 is 0 Å². The summed E-state index contributed by atoms with van der Waals surface area (Å²) in [5.41, 5.74) is 2.85. The molecule has 4 rings (SSSR count). The van der Waals surface area contributed by atoms with Crippen LogP contribution in [0.1, 0.15) is 44.0 Å². The maximum atomic E-state index is 12.9. The molecule has 0 bridgehead atoms. The van der Waals surface area contributed by atoms with Gasteiger partial charge in [-0.1, -0.05) is 6.07 Å². The van der Waals surface area contributed by atoms with Crippen LogP contribution in [0.5, 0.6) is 5.75 Å². The van der Waals surface area contributed by atoms with E-state index in [4.69, 9.17) is 4.74 Å². The van der Waals surface area contributed by atoms with Crippen LogP contribution in [0, 0.1) is 11.3 Å². The largest absolute Gasteiger partial charge is 0.492 e. The second kappa shape index (κ2) is 10.2. The third-order valence-electron chi connectivity index (χ3n) is 6.26. The van der Waals surface area contributed by atoms with Crippen molar-refractivity contribution in [1.82, 2.24) is 14.5 Å². The molecule has 35 heavy (non-hydrogen) atoms. The van der Waals surface area contributed by atoms with E-state index < -0.39 is 0 Å². The fraction of sp³-hybridized carbons (Fsp3) is 0.321. The van der Waals surface area contributed by atoms with Crippen molar-refractivity contribution in [2.45, 2.75) is 39.3 Å². The quantitative estimate of drug-likeness (QED) is 0.391. The Kier molecular flexibility index (Phi) is 7.04. The minimum absolute atomic E-state index is 0.00437. The second-order valence-corrected chi connectivity index (χ2v) is 9.09. The molecule has 0 saturated carbocycles. The first-order valence-corrected chi connectivity index (χ1v) is 11.8. The zero-order valence-corrected chi connectivity index (χ0v) is 20.5. The Morgan fingerprint density at radius 1 is 0.914 bits per heavy atom. The lowest BCUT2D eigenvalue weighted by Crippen LogP contribution is -2.25. The number of nitrogens with one attached hydrogen (secondary N) is 1. The summed E-state index contributed by atoms with van der Waals surface area (Å²) in [5.74, 6) is 0.700. The molecule has 0 saturated heterocycles. The number of rotatable bonds is 8. The summed E-state index contributed by atoms with van der Waals surface area (Å²) >= 11 is 0. The zero-order chi connectivity index (χ0) is 25.1. The Bertz CT molecular complexity index is 1540. The highest BCUT2D eigenvalue weighted by atomic mass is 16.5. The molecule has 180 valence electrons. The summed E-state index contributed by atoms with van der Waals surface area (Å²) in [6, 6.07) is 18.1. The third kappa shape index (κ3) is 4.84. The van der Waals surface area contributed by atoms with Gasteiger partial charge in [0.15, 0.2) is 0 Å². The molecule has 0 aliphatic rings. The van der Waals surface area contributed by atoms with E-state index in [1.807, 2.05) is 46.0 Å². The van der Waals surface area contributed by atoms with Gasteiger partial charge < -0.3 is 19.2 Å². The molecule has 0 aliphatic carbocycles. The molecule has 0 fully saturated rings. The van der Waals surface area contributed by atoms with Gasteiger partial charge >= 0.3 is 0 Å². The summed E-state index contributed by atoms with van der Waals surface area (Å²) in [6.45, 7) is 7.12. The number of nitriles is 1. The van der Waals surface area contributed by atoms with E-state index in [2.05, 4.69) is 17.5 Å². The standard InChI is InChI=1S/C28H30N4O3/c1-18(2)31-25-16-26(35-12-11-30-4)23(15-22(25)8-10-27(31)33)13-19(3)32-24-14-20(17-29)5-6-21(24)7-9-28(32)34/h5-10,14-16,18-19,30H,11-13H2,1-4H3. The lowest BCUT2D eigenvalue weighted by Gasteiger charge is -2.21. The van der Waals surface area contributed by atoms with Gasteiger partial charge in [0.1, 0.15) is 12.4 Å². The highest BCUT2D eigenvalue weighted by Gasteiger charge is 2.17. The lowest BCUT2D eigenvalue weighted by atomic mass is 10.0. The van der Waals surface area contributed by atoms with Gasteiger partial charge in [-0.2, -0.15) is 5.26 Å². The van der Waals surface area contributed by atoms with Gasteiger partial charge in [-0.3, -0.25) is 9.59 Å². The van der Waals surface area contributed by atoms with Crippen LogP contribution in [-0.2, 0) is 6.42 Å². The molecule has 1 atom stereocenters. The van der Waals surface area contributed by atoms with Crippen LogP contribution in [0.25, 0.3) is 21.8 Å². The van der Waals surface area contributed by atoms with E-state index in [0.29, 0.717) is 30.9 Å². The number of benzene rings is 2. The Hall–Kier alpha value is -3.89. The minimum atomic E-state index is -0.194. The van der Waals surface area contributed by atoms with Crippen molar-refractivity contribution in [3.63, 3.8) is 0 Å². The number of aromatic nitrogens is 2. The molecule has 2 heterocycles.